The van der Waals surface area contributed by atoms with Gasteiger partial charge in [0.25, 0.3) is 0 Å². The average Bonchev–Trinajstić information content (AvgIpc) is 2.93. The van der Waals surface area contributed by atoms with Gasteiger partial charge in [-0.05, 0) is 24.6 Å². The maximum absolute atomic E-state index is 11.6. The van der Waals surface area contributed by atoms with E-state index in [-0.39, 0.29) is 22.8 Å². The van der Waals surface area contributed by atoms with E-state index in [1.54, 1.807) is 6.07 Å². The number of nitrogens with one attached hydrogen (secondary N) is 3. The fourth-order valence-corrected chi connectivity index (χ4v) is 2.81. The summed E-state index contributed by atoms with van der Waals surface area (Å²) in [5.41, 5.74) is 2.10. The standard InChI is InChI=1S/C14H15ClN4O3S/c15-6-12(20)17-11-5-8(13-18-19-14(21)23-13)1-2-10(11)16-7-9-3-4-22-9/h1-2,5,9,16H,3-4,6-7H2,(H,17,20)(H,19,21). The molecule has 0 bridgehead atoms. The van der Waals surface area contributed by atoms with Gasteiger partial charge in [-0.3, -0.25) is 9.59 Å². The second kappa shape index (κ2) is 7.12. The largest absolute Gasteiger partial charge is 0.381 e. The van der Waals surface area contributed by atoms with Crippen LogP contribution < -0.4 is 15.5 Å². The minimum absolute atomic E-state index is 0.134. The summed E-state index contributed by atoms with van der Waals surface area (Å²) in [6, 6.07) is 5.44. The van der Waals surface area contributed by atoms with Gasteiger partial charge in [-0.25, -0.2) is 5.10 Å². The minimum atomic E-state index is -0.304. The number of H-pyrrole nitrogens is 1. The third kappa shape index (κ3) is 3.90. The van der Waals surface area contributed by atoms with Crippen molar-refractivity contribution in [3.8, 4) is 10.6 Å². The zero-order valence-electron chi connectivity index (χ0n) is 12.1. The zero-order chi connectivity index (χ0) is 16.2. The molecule has 122 valence electrons. The van der Waals surface area contributed by atoms with Gasteiger partial charge in [-0.2, -0.15) is 5.10 Å². The van der Waals surface area contributed by atoms with E-state index in [9.17, 15) is 9.59 Å². The van der Waals surface area contributed by atoms with E-state index in [0.29, 0.717) is 17.2 Å². The van der Waals surface area contributed by atoms with Crippen LogP contribution in [0.25, 0.3) is 10.6 Å². The van der Waals surface area contributed by atoms with Gasteiger partial charge in [0.2, 0.25) is 5.91 Å². The van der Waals surface area contributed by atoms with Crippen LogP contribution in [0.5, 0.6) is 0 Å². The number of hydrogen-bond donors (Lipinski definition) is 3. The molecule has 2 aromatic rings. The minimum Gasteiger partial charge on any atom is -0.381 e. The van der Waals surface area contributed by atoms with E-state index in [2.05, 4.69) is 20.8 Å². The van der Waals surface area contributed by atoms with Gasteiger partial charge >= 0.3 is 4.87 Å². The van der Waals surface area contributed by atoms with Gasteiger partial charge in [0, 0.05) is 18.7 Å². The van der Waals surface area contributed by atoms with E-state index in [4.69, 9.17) is 16.3 Å². The zero-order valence-corrected chi connectivity index (χ0v) is 13.7. The molecule has 3 rings (SSSR count). The molecule has 3 N–H and O–H groups in total. The highest BCUT2D eigenvalue weighted by Crippen LogP contribution is 2.29. The van der Waals surface area contributed by atoms with Crippen molar-refractivity contribution in [2.45, 2.75) is 12.5 Å². The van der Waals surface area contributed by atoms with Crippen LogP contribution in [0.3, 0.4) is 0 Å². The Bertz CT molecular complexity index is 756. The van der Waals surface area contributed by atoms with Crippen molar-refractivity contribution >= 4 is 40.2 Å². The summed E-state index contributed by atoms with van der Waals surface area (Å²) in [5.74, 6) is -0.438. The Labute approximate surface area is 141 Å². The van der Waals surface area contributed by atoms with Crippen LogP contribution in [0.1, 0.15) is 6.42 Å². The van der Waals surface area contributed by atoms with Crippen LogP contribution >= 0.6 is 22.9 Å². The predicted octanol–water partition coefficient (Wildman–Crippen LogP) is 1.88. The van der Waals surface area contributed by atoms with Gasteiger partial charge in [0.05, 0.1) is 17.5 Å². The molecule has 1 amide bonds. The maximum Gasteiger partial charge on any atom is 0.322 e. The molecule has 1 aliphatic rings. The molecule has 23 heavy (non-hydrogen) atoms. The molecular weight excluding hydrogens is 340 g/mol. The quantitative estimate of drug-likeness (QED) is 0.688. The van der Waals surface area contributed by atoms with Crippen molar-refractivity contribution in [3.63, 3.8) is 0 Å². The first-order chi connectivity index (χ1) is 11.2. The number of anilines is 2. The van der Waals surface area contributed by atoms with E-state index in [1.165, 1.54) is 0 Å². The lowest BCUT2D eigenvalue weighted by atomic mass is 10.1. The number of aromatic nitrogens is 2. The van der Waals surface area contributed by atoms with Crippen molar-refractivity contribution in [2.75, 3.05) is 29.7 Å². The van der Waals surface area contributed by atoms with Crippen LogP contribution in [0.15, 0.2) is 23.0 Å². The predicted molar refractivity (Wildman–Crippen MR) is 90.4 cm³/mol. The maximum atomic E-state index is 11.6. The van der Waals surface area contributed by atoms with E-state index < -0.39 is 0 Å². The summed E-state index contributed by atoms with van der Waals surface area (Å²) in [6.07, 6.45) is 1.22. The number of benzene rings is 1. The molecule has 1 aromatic heterocycles. The highest BCUT2D eigenvalue weighted by atomic mass is 35.5. The molecule has 1 aliphatic heterocycles. The number of nitrogens with zero attached hydrogens (tertiary/aromatic N) is 1. The summed E-state index contributed by atoms with van der Waals surface area (Å²) >= 11 is 6.57. The average molecular weight is 355 g/mol. The monoisotopic (exact) mass is 354 g/mol. The fourth-order valence-electron chi connectivity index (χ4n) is 2.14. The molecular formula is C14H15ClN4O3S. The molecule has 0 aliphatic carbocycles. The number of carbonyl (C=O) groups is 1. The van der Waals surface area contributed by atoms with Crippen molar-refractivity contribution in [2.24, 2.45) is 0 Å². The van der Waals surface area contributed by atoms with Crippen molar-refractivity contribution < 1.29 is 9.53 Å². The van der Waals surface area contributed by atoms with Gasteiger partial charge in [-0.15, -0.1) is 11.6 Å². The Hall–Kier alpha value is -1.90. The van der Waals surface area contributed by atoms with Crippen LogP contribution in [-0.2, 0) is 9.53 Å². The summed E-state index contributed by atoms with van der Waals surface area (Å²) in [6.45, 7) is 1.46. The second-order valence-electron chi connectivity index (χ2n) is 5.02. The molecule has 1 aromatic carbocycles. The Morgan fingerprint density at radius 1 is 1.48 bits per heavy atom. The van der Waals surface area contributed by atoms with Crippen molar-refractivity contribution in [3.05, 3.63) is 27.9 Å². The summed E-state index contributed by atoms with van der Waals surface area (Å²) in [4.78, 5) is 22.6. The Kier molecular flexibility index (Phi) is 4.94. The molecule has 0 spiro atoms. The van der Waals surface area contributed by atoms with Gasteiger partial charge < -0.3 is 15.4 Å². The third-order valence-electron chi connectivity index (χ3n) is 3.41. The molecule has 1 fully saturated rings. The van der Waals surface area contributed by atoms with Crippen LogP contribution in [0.4, 0.5) is 11.4 Å². The second-order valence-corrected chi connectivity index (χ2v) is 6.25. The summed E-state index contributed by atoms with van der Waals surface area (Å²) < 4.78 is 5.37. The lowest BCUT2D eigenvalue weighted by Gasteiger charge is -2.27. The number of rotatable bonds is 6. The number of aromatic amines is 1. The number of ether oxygens (including phenoxy) is 1. The molecule has 0 saturated carbocycles. The lowest BCUT2D eigenvalue weighted by Crippen LogP contribution is -2.33. The van der Waals surface area contributed by atoms with Gasteiger partial charge in [0.1, 0.15) is 10.9 Å². The number of alkyl halides is 1. The fraction of sp³-hybridized carbons (Fsp3) is 0.357. The van der Waals surface area contributed by atoms with Crippen molar-refractivity contribution in [1.29, 1.82) is 0 Å². The molecule has 0 radical (unpaired) electrons. The highest BCUT2D eigenvalue weighted by molar-refractivity contribution is 7.12. The lowest BCUT2D eigenvalue weighted by molar-refractivity contribution is -0.113. The number of hydrogen-bond acceptors (Lipinski definition) is 6. The first-order valence-electron chi connectivity index (χ1n) is 7.07. The molecule has 1 atom stereocenters. The SMILES string of the molecule is O=C(CCl)Nc1cc(-c2n[nH]c(=O)s2)ccc1NCC1CCO1. The number of amides is 1. The topological polar surface area (TPSA) is 96.1 Å². The Morgan fingerprint density at radius 3 is 2.91 bits per heavy atom. The number of halogens is 1. The Balaban J connectivity index is 1.84. The van der Waals surface area contributed by atoms with Gasteiger partial charge in [0.15, 0.2) is 0 Å². The summed E-state index contributed by atoms with van der Waals surface area (Å²) in [7, 11) is 0. The highest BCUT2D eigenvalue weighted by Gasteiger charge is 2.18. The number of carbonyl (C=O) groups excluding carboxylic acids is 1. The smallest absolute Gasteiger partial charge is 0.322 e. The molecule has 9 heteroatoms. The van der Waals surface area contributed by atoms with Crippen LogP contribution in [0.2, 0.25) is 0 Å². The Morgan fingerprint density at radius 2 is 2.30 bits per heavy atom. The van der Waals surface area contributed by atoms with Crippen LogP contribution in [0, 0.1) is 0 Å². The van der Waals surface area contributed by atoms with E-state index >= 15 is 0 Å². The summed E-state index contributed by atoms with van der Waals surface area (Å²) in [5, 5.41) is 12.9. The third-order valence-corrected chi connectivity index (χ3v) is 4.45. The van der Waals surface area contributed by atoms with Gasteiger partial charge in [-0.1, -0.05) is 11.3 Å². The molecule has 2 heterocycles. The van der Waals surface area contributed by atoms with Crippen LogP contribution in [-0.4, -0.2) is 41.2 Å². The molecule has 7 nitrogen and oxygen atoms in total. The van der Waals surface area contributed by atoms with Crippen molar-refractivity contribution in [1.82, 2.24) is 10.2 Å². The normalized spacial score (nSPS) is 16.7. The van der Waals surface area contributed by atoms with E-state index in [0.717, 1.165) is 35.6 Å². The molecule has 1 unspecified atom stereocenters. The van der Waals surface area contributed by atoms with E-state index in [1.807, 2.05) is 12.1 Å². The first-order valence-corrected chi connectivity index (χ1v) is 8.42. The first kappa shape index (κ1) is 16.0. The molecule has 1 saturated heterocycles.